The number of fused-ring (bicyclic) bond motifs is 5. The normalized spacial score (nSPS) is 18.9. The molecule has 1 aliphatic carbocycles. The number of pyridine rings is 1. The van der Waals surface area contributed by atoms with E-state index < -0.39 is 0 Å². The Kier molecular flexibility index (Phi) is 10.9. The van der Waals surface area contributed by atoms with E-state index in [-0.39, 0.29) is 69.3 Å². The second-order valence-electron chi connectivity index (χ2n) is 13.4. The van der Waals surface area contributed by atoms with Gasteiger partial charge in [0.25, 0.3) is 5.91 Å². The smallest absolute Gasteiger partial charge is 0.272 e. The zero-order chi connectivity index (χ0) is 35.4. The summed E-state index contributed by atoms with van der Waals surface area (Å²) in [7, 11) is 8.08. The summed E-state index contributed by atoms with van der Waals surface area (Å²) in [5.74, 6) is 2.36. The van der Waals surface area contributed by atoms with Crippen LogP contribution in [0.5, 0.6) is 17.2 Å². The molecule has 2 aromatic heterocycles. The van der Waals surface area contributed by atoms with Crippen molar-refractivity contribution < 1.29 is 33.3 Å². The predicted octanol–water partition coefficient (Wildman–Crippen LogP) is 3.12. The lowest BCUT2D eigenvalue weighted by atomic mass is 9.97. The molecule has 50 heavy (non-hydrogen) atoms. The molecule has 2 fully saturated rings. The Morgan fingerprint density at radius 2 is 1.72 bits per heavy atom. The number of methoxy groups -OCH3 is 4. The molecule has 2 bridgehead atoms. The first-order chi connectivity index (χ1) is 24.2. The van der Waals surface area contributed by atoms with Gasteiger partial charge in [0.05, 0.1) is 45.6 Å². The lowest BCUT2D eigenvalue weighted by molar-refractivity contribution is -0.133. The Hall–Kier alpha value is -4.59. The Bertz CT molecular complexity index is 1720. The van der Waals surface area contributed by atoms with Gasteiger partial charge in [-0.1, -0.05) is 0 Å². The largest absolute Gasteiger partial charge is 0.493 e. The Morgan fingerprint density at radius 3 is 2.44 bits per heavy atom. The van der Waals surface area contributed by atoms with Gasteiger partial charge in [0.15, 0.2) is 11.5 Å². The monoisotopic (exact) mass is 691 g/mol. The van der Waals surface area contributed by atoms with Crippen LogP contribution in [0.25, 0.3) is 10.9 Å². The van der Waals surface area contributed by atoms with Crippen molar-refractivity contribution in [3.05, 3.63) is 35.2 Å². The molecule has 1 unspecified atom stereocenters. The van der Waals surface area contributed by atoms with Crippen molar-refractivity contribution in [1.29, 1.82) is 0 Å². The Balaban J connectivity index is 1.47. The van der Waals surface area contributed by atoms with E-state index in [0.717, 1.165) is 54.7 Å². The number of carbonyl (C=O) groups is 3. The van der Waals surface area contributed by atoms with Crippen LogP contribution in [-0.4, -0.2) is 117 Å². The molecule has 14 nitrogen and oxygen atoms in total. The quantitative estimate of drug-likeness (QED) is 0.375. The van der Waals surface area contributed by atoms with Crippen molar-refractivity contribution in [3.8, 4) is 17.2 Å². The van der Waals surface area contributed by atoms with E-state index in [4.69, 9.17) is 23.9 Å². The number of aromatic nitrogens is 3. The van der Waals surface area contributed by atoms with Crippen molar-refractivity contribution in [3.63, 3.8) is 0 Å². The van der Waals surface area contributed by atoms with Crippen LogP contribution in [-0.2, 0) is 27.9 Å². The molecule has 1 N–H and O–H groups in total. The molecule has 0 spiro atoms. The summed E-state index contributed by atoms with van der Waals surface area (Å²) in [6.45, 7) is 3.20. The van der Waals surface area contributed by atoms with Gasteiger partial charge in [-0.05, 0) is 43.7 Å². The third-order valence-corrected chi connectivity index (χ3v) is 9.97. The van der Waals surface area contributed by atoms with Crippen molar-refractivity contribution in [1.82, 2.24) is 29.9 Å². The van der Waals surface area contributed by atoms with Crippen LogP contribution in [0.4, 0.5) is 5.82 Å². The number of aryl methyl sites for hydroxylation is 1. The summed E-state index contributed by atoms with van der Waals surface area (Å²) in [4.78, 5) is 51.9. The molecule has 1 saturated heterocycles. The molecule has 0 radical (unpaired) electrons. The molecule has 2 aliphatic heterocycles. The second-order valence-corrected chi connectivity index (χ2v) is 13.4. The third kappa shape index (κ3) is 7.59. The minimum Gasteiger partial charge on any atom is -0.493 e. The third-order valence-electron chi connectivity index (χ3n) is 9.97. The highest BCUT2D eigenvalue weighted by Crippen LogP contribution is 2.44. The van der Waals surface area contributed by atoms with Crippen LogP contribution in [0, 0.1) is 5.92 Å². The topological polar surface area (TPSA) is 141 Å². The summed E-state index contributed by atoms with van der Waals surface area (Å²) >= 11 is 0. The van der Waals surface area contributed by atoms with Gasteiger partial charge in [-0.2, -0.15) is 5.10 Å². The fraction of sp³-hybridized carbons (Fsp3) is 0.583. The Labute approximate surface area is 293 Å². The van der Waals surface area contributed by atoms with E-state index in [0.29, 0.717) is 47.5 Å². The zero-order valence-electron chi connectivity index (χ0n) is 29.8. The van der Waals surface area contributed by atoms with Crippen molar-refractivity contribution in [2.45, 2.75) is 51.0 Å². The number of nitrogens with zero attached hydrogens (tertiary/aromatic N) is 6. The molecule has 3 aliphatic rings. The van der Waals surface area contributed by atoms with Gasteiger partial charge in [0.1, 0.15) is 11.5 Å². The number of anilines is 1. The van der Waals surface area contributed by atoms with Crippen LogP contribution < -0.4 is 24.4 Å². The molecular formula is C36H49N7O7. The van der Waals surface area contributed by atoms with Gasteiger partial charge in [-0.25, -0.2) is 4.98 Å². The molecule has 4 heterocycles. The molecule has 1 saturated carbocycles. The molecule has 3 amide bonds. The van der Waals surface area contributed by atoms with Crippen LogP contribution >= 0.6 is 0 Å². The van der Waals surface area contributed by atoms with Gasteiger partial charge in [-0.15, -0.1) is 0 Å². The van der Waals surface area contributed by atoms with Gasteiger partial charge in [0.2, 0.25) is 17.6 Å². The predicted molar refractivity (Wildman–Crippen MR) is 187 cm³/mol. The second kappa shape index (κ2) is 15.5. The summed E-state index contributed by atoms with van der Waals surface area (Å²) in [6.07, 6.45) is 4.39. The maximum Gasteiger partial charge on any atom is 0.272 e. The Morgan fingerprint density at radius 1 is 0.940 bits per heavy atom. The molecule has 270 valence electrons. The fourth-order valence-electron chi connectivity index (χ4n) is 7.06. The van der Waals surface area contributed by atoms with E-state index in [1.165, 1.54) is 0 Å². The van der Waals surface area contributed by atoms with Crippen LogP contribution in [0.3, 0.4) is 0 Å². The average Bonchev–Trinajstić information content (AvgIpc) is 3.91. The van der Waals surface area contributed by atoms with Crippen molar-refractivity contribution in [2.24, 2.45) is 13.0 Å². The molecule has 3 aromatic rings. The molecule has 1 atom stereocenters. The number of ether oxygens (including phenoxy) is 4. The maximum atomic E-state index is 14.5. The zero-order valence-corrected chi connectivity index (χ0v) is 29.8. The lowest BCUT2D eigenvalue weighted by Crippen LogP contribution is -2.43. The van der Waals surface area contributed by atoms with E-state index in [1.807, 2.05) is 18.2 Å². The van der Waals surface area contributed by atoms with E-state index in [2.05, 4.69) is 15.3 Å². The molecular weight excluding hydrogens is 642 g/mol. The first-order valence-electron chi connectivity index (χ1n) is 17.5. The summed E-state index contributed by atoms with van der Waals surface area (Å²) < 4.78 is 24.1. The van der Waals surface area contributed by atoms with Crippen LogP contribution in [0.15, 0.2) is 18.2 Å². The lowest BCUT2D eigenvalue weighted by Gasteiger charge is -2.35. The van der Waals surface area contributed by atoms with Crippen LogP contribution in [0.1, 0.15) is 66.2 Å². The highest BCUT2D eigenvalue weighted by Gasteiger charge is 2.32. The highest BCUT2D eigenvalue weighted by molar-refractivity contribution is 5.94. The molecule has 6 rings (SSSR count). The summed E-state index contributed by atoms with van der Waals surface area (Å²) in [6, 6.07) is 5.77. The van der Waals surface area contributed by atoms with Gasteiger partial charge < -0.3 is 39.0 Å². The van der Waals surface area contributed by atoms with Crippen molar-refractivity contribution in [2.75, 3.05) is 79.2 Å². The molecule has 14 heteroatoms. The number of hydrogen-bond acceptors (Lipinski definition) is 10. The van der Waals surface area contributed by atoms with E-state index in [1.54, 1.807) is 50.0 Å². The fourth-order valence-corrected chi connectivity index (χ4v) is 7.06. The minimum absolute atomic E-state index is 0.102. The van der Waals surface area contributed by atoms with Gasteiger partial charge >= 0.3 is 0 Å². The number of hydrogen-bond donors (Lipinski definition) is 1. The number of amides is 3. The maximum absolute atomic E-state index is 14.5. The standard InChI is InChI=1S/C36H49N7O7/c1-40-29(18-27(39-40)24-8-9-24)36(46)43-15-14-41(32(45)11-16-47-2)13-10-31(44)37-20-23-7-6-12-42(21-23)35-25(22-43)17-26-28(38-35)19-30(48-3)34(50-5)33(26)49-4/h17-19,23-24H,6-16,20-22H2,1-5H3,(H,37,44). The minimum atomic E-state index is -0.194. The summed E-state index contributed by atoms with van der Waals surface area (Å²) in [5, 5.41) is 8.51. The van der Waals surface area contributed by atoms with Gasteiger partial charge in [-0.3, -0.25) is 19.1 Å². The number of rotatable bonds is 8. The number of nitrogens with one attached hydrogen (secondary N) is 1. The highest BCUT2D eigenvalue weighted by atomic mass is 16.5. The summed E-state index contributed by atoms with van der Waals surface area (Å²) in [5.41, 5.74) is 2.91. The SMILES string of the molecule is COCCC(=O)N1CCC(=O)NCC2CCCN(C2)c2nc3cc(OC)c(OC)c(OC)c3cc2CN(C(=O)c2cc(C3CC3)nn2C)CC1. The first kappa shape index (κ1) is 35.2. The number of piperidine rings is 1. The molecule has 1 aromatic carbocycles. The van der Waals surface area contributed by atoms with Crippen molar-refractivity contribution >= 4 is 34.4 Å². The van der Waals surface area contributed by atoms with E-state index >= 15 is 0 Å². The first-order valence-corrected chi connectivity index (χ1v) is 17.5. The van der Waals surface area contributed by atoms with E-state index in [9.17, 15) is 14.4 Å². The number of carbonyl (C=O) groups excluding carboxylic acids is 3. The van der Waals surface area contributed by atoms with Gasteiger partial charge in [0, 0.05) is 89.3 Å². The average molecular weight is 692 g/mol. The van der Waals surface area contributed by atoms with Crippen LogP contribution in [0.2, 0.25) is 0 Å². The number of benzene rings is 1.